The van der Waals surface area contributed by atoms with Crippen molar-refractivity contribution in [3.8, 4) is 5.75 Å². The van der Waals surface area contributed by atoms with E-state index in [1.54, 1.807) is 18.4 Å². The molecule has 4 heteroatoms. The number of methoxy groups -OCH3 is 1. The first kappa shape index (κ1) is 13.9. The molecule has 2 aromatic carbocycles. The average Bonchev–Trinajstić information content (AvgIpc) is 2.88. The highest BCUT2D eigenvalue weighted by Gasteiger charge is 2.06. The molecular weight excluding hydrogens is 280 g/mol. The van der Waals surface area contributed by atoms with Gasteiger partial charge in [0.25, 0.3) is 0 Å². The van der Waals surface area contributed by atoms with Crippen LogP contribution in [0.5, 0.6) is 5.75 Å². The van der Waals surface area contributed by atoms with Crippen molar-refractivity contribution >= 4 is 32.4 Å². The lowest BCUT2D eigenvalue weighted by Gasteiger charge is -2.07. The third-order valence-electron chi connectivity index (χ3n) is 3.42. The lowest BCUT2D eigenvalue weighted by molar-refractivity contribution is 0.415. The van der Waals surface area contributed by atoms with Crippen molar-refractivity contribution in [1.82, 2.24) is 4.98 Å². The average molecular weight is 298 g/mol. The SMILES string of the molecule is COc1ccc2nc(Nc3ccc(C(C)C)cc3)sc2c1. The molecule has 0 aliphatic rings. The van der Waals surface area contributed by atoms with Gasteiger partial charge >= 0.3 is 0 Å². The summed E-state index contributed by atoms with van der Waals surface area (Å²) in [7, 11) is 1.68. The Kier molecular flexibility index (Phi) is 3.80. The molecule has 0 saturated heterocycles. The Morgan fingerprint density at radius 2 is 1.86 bits per heavy atom. The smallest absolute Gasteiger partial charge is 0.188 e. The number of aromatic nitrogens is 1. The standard InChI is InChI=1S/C17H18N2OS/c1-11(2)12-4-6-13(7-5-12)18-17-19-15-9-8-14(20-3)10-16(15)21-17/h4-11H,1-3H3,(H,18,19). The summed E-state index contributed by atoms with van der Waals surface area (Å²) in [6.45, 7) is 4.40. The van der Waals surface area contributed by atoms with Gasteiger partial charge in [-0.1, -0.05) is 37.3 Å². The van der Waals surface area contributed by atoms with Crippen LogP contribution in [0.4, 0.5) is 10.8 Å². The van der Waals surface area contributed by atoms with E-state index in [1.807, 2.05) is 18.2 Å². The Morgan fingerprint density at radius 1 is 1.10 bits per heavy atom. The number of thiazole rings is 1. The van der Waals surface area contributed by atoms with E-state index in [9.17, 15) is 0 Å². The fourth-order valence-electron chi connectivity index (χ4n) is 2.16. The summed E-state index contributed by atoms with van der Waals surface area (Å²) < 4.78 is 6.36. The number of ether oxygens (including phenoxy) is 1. The highest BCUT2D eigenvalue weighted by atomic mass is 32.1. The van der Waals surface area contributed by atoms with E-state index >= 15 is 0 Å². The first-order valence-corrected chi connectivity index (χ1v) is 7.79. The summed E-state index contributed by atoms with van der Waals surface area (Å²) in [5.74, 6) is 1.41. The van der Waals surface area contributed by atoms with Gasteiger partial charge in [-0.15, -0.1) is 0 Å². The number of rotatable bonds is 4. The van der Waals surface area contributed by atoms with Crippen molar-refractivity contribution in [1.29, 1.82) is 0 Å². The number of nitrogens with zero attached hydrogens (tertiary/aromatic N) is 1. The maximum absolute atomic E-state index is 5.24. The number of anilines is 2. The summed E-state index contributed by atoms with van der Waals surface area (Å²) in [6.07, 6.45) is 0. The van der Waals surface area contributed by atoms with Gasteiger partial charge in [-0.05, 0) is 41.8 Å². The number of nitrogens with one attached hydrogen (secondary N) is 1. The first-order chi connectivity index (χ1) is 10.2. The minimum atomic E-state index is 0.550. The zero-order valence-electron chi connectivity index (χ0n) is 12.4. The van der Waals surface area contributed by atoms with E-state index in [-0.39, 0.29) is 0 Å². The highest BCUT2D eigenvalue weighted by Crippen LogP contribution is 2.31. The number of hydrogen-bond donors (Lipinski definition) is 1. The molecule has 3 aromatic rings. The van der Waals surface area contributed by atoms with Gasteiger partial charge < -0.3 is 10.1 Å². The van der Waals surface area contributed by atoms with E-state index in [0.29, 0.717) is 5.92 Å². The van der Waals surface area contributed by atoms with E-state index in [2.05, 4.69) is 48.4 Å². The minimum Gasteiger partial charge on any atom is -0.497 e. The molecule has 3 rings (SSSR count). The predicted molar refractivity (Wildman–Crippen MR) is 90.0 cm³/mol. The molecule has 0 atom stereocenters. The normalized spacial score (nSPS) is 11.0. The second kappa shape index (κ2) is 5.74. The molecule has 0 radical (unpaired) electrons. The monoisotopic (exact) mass is 298 g/mol. The van der Waals surface area contributed by atoms with Crippen LogP contribution >= 0.6 is 11.3 Å². The molecule has 0 aliphatic carbocycles. The molecule has 0 spiro atoms. The zero-order chi connectivity index (χ0) is 14.8. The van der Waals surface area contributed by atoms with Gasteiger partial charge in [0.05, 0.1) is 17.3 Å². The van der Waals surface area contributed by atoms with Crippen LogP contribution in [-0.2, 0) is 0 Å². The van der Waals surface area contributed by atoms with Crippen LogP contribution in [0.1, 0.15) is 25.3 Å². The molecule has 3 nitrogen and oxygen atoms in total. The summed E-state index contributed by atoms with van der Waals surface area (Å²) in [5, 5.41) is 4.26. The van der Waals surface area contributed by atoms with Gasteiger partial charge in [-0.3, -0.25) is 0 Å². The molecule has 1 heterocycles. The quantitative estimate of drug-likeness (QED) is 0.721. The molecule has 108 valence electrons. The van der Waals surface area contributed by atoms with Gasteiger partial charge in [0.1, 0.15) is 5.75 Å². The molecule has 0 saturated carbocycles. The van der Waals surface area contributed by atoms with Crippen molar-refractivity contribution in [2.75, 3.05) is 12.4 Å². The van der Waals surface area contributed by atoms with E-state index < -0.39 is 0 Å². The minimum absolute atomic E-state index is 0.550. The topological polar surface area (TPSA) is 34.1 Å². The maximum atomic E-state index is 5.24. The van der Waals surface area contributed by atoms with Crippen LogP contribution in [0.3, 0.4) is 0 Å². The van der Waals surface area contributed by atoms with Crippen molar-refractivity contribution in [2.24, 2.45) is 0 Å². The number of fused-ring (bicyclic) bond motifs is 1. The van der Waals surface area contributed by atoms with Crippen molar-refractivity contribution < 1.29 is 4.74 Å². The molecule has 0 amide bonds. The predicted octanol–water partition coefficient (Wildman–Crippen LogP) is 5.17. The molecule has 0 unspecified atom stereocenters. The molecule has 0 bridgehead atoms. The summed E-state index contributed by atoms with van der Waals surface area (Å²) in [6, 6.07) is 14.4. The number of benzene rings is 2. The Morgan fingerprint density at radius 3 is 2.52 bits per heavy atom. The van der Waals surface area contributed by atoms with Crippen molar-refractivity contribution in [3.63, 3.8) is 0 Å². The van der Waals surface area contributed by atoms with E-state index in [1.165, 1.54) is 5.56 Å². The Balaban J connectivity index is 1.84. The second-order valence-electron chi connectivity index (χ2n) is 5.25. The largest absolute Gasteiger partial charge is 0.497 e. The van der Waals surface area contributed by atoms with Gasteiger partial charge in [0.15, 0.2) is 5.13 Å². The van der Waals surface area contributed by atoms with Crippen LogP contribution in [0, 0.1) is 0 Å². The Labute approximate surface area is 128 Å². The lowest BCUT2D eigenvalue weighted by Crippen LogP contribution is -1.91. The molecule has 1 N–H and O–H groups in total. The van der Waals surface area contributed by atoms with E-state index in [0.717, 1.165) is 26.8 Å². The molecule has 0 aliphatic heterocycles. The zero-order valence-corrected chi connectivity index (χ0v) is 13.2. The van der Waals surface area contributed by atoms with Crippen LogP contribution in [0.2, 0.25) is 0 Å². The molecular formula is C17H18N2OS. The van der Waals surface area contributed by atoms with E-state index in [4.69, 9.17) is 4.74 Å². The van der Waals surface area contributed by atoms with Crippen LogP contribution in [0.25, 0.3) is 10.2 Å². The number of hydrogen-bond acceptors (Lipinski definition) is 4. The van der Waals surface area contributed by atoms with Gasteiger partial charge in [-0.25, -0.2) is 4.98 Å². The molecule has 1 aromatic heterocycles. The van der Waals surface area contributed by atoms with Gasteiger partial charge in [-0.2, -0.15) is 0 Å². The maximum Gasteiger partial charge on any atom is 0.188 e. The lowest BCUT2D eigenvalue weighted by atomic mass is 10.0. The van der Waals surface area contributed by atoms with Crippen molar-refractivity contribution in [2.45, 2.75) is 19.8 Å². The summed E-state index contributed by atoms with van der Waals surface area (Å²) >= 11 is 1.63. The third kappa shape index (κ3) is 3.00. The Hall–Kier alpha value is -2.07. The first-order valence-electron chi connectivity index (χ1n) is 6.97. The fraction of sp³-hybridized carbons (Fsp3) is 0.235. The highest BCUT2D eigenvalue weighted by molar-refractivity contribution is 7.22. The van der Waals surface area contributed by atoms with Gasteiger partial charge in [0, 0.05) is 5.69 Å². The van der Waals surface area contributed by atoms with Crippen molar-refractivity contribution in [3.05, 3.63) is 48.0 Å². The summed E-state index contributed by atoms with van der Waals surface area (Å²) in [4.78, 5) is 4.59. The fourth-order valence-corrected chi connectivity index (χ4v) is 3.07. The molecule has 21 heavy (non-hydrogen) atoms. The second-order valence-corrected chi connectivity index (χ2v) is 6.29. The Bertz CT molecular complexity index is 747. The third-order valence-corrected chi connectivity index (χ3v) is 4.36. The van der Waals surface area contributed by atoms with Crippen LogP contribution < -0.4 is 10.1 Å². The summed E-state index contributed by atoms with van der Waals surface area (Å²) in [5.41, 5.74) is 3.39. The van der Waals surface area contributed by atoms with Crippen LogP contribution in [0.15, 0.2) is 42.5 Å². The van der Waals surface area contributed by atoms with Crippen LogP contribution in [-0.4, -0.2) is 12.1 Å². The van der Waals surface area contributed by atoms with Gasteiger partial charge in [0.2, 0.25) is 0 Å². The molecule has 0 fully saturated rings.